The van der Waals surface area contributed by atoms with Crippen LogP contribution in [0.3, 0.4) is 0 Å². The smallest absolute Gasteiger partial charge is 0.295 e. The first-order valence-electron chi connectivity index (χ1n) is 11.0. The monoisotopic (exact) mass is 554 g/mol. The predicted molar refractivity (Wildman–Crippen MR) is 142 cm³/mol. The number of azo groups is 2. The summed E-state index contributed by atoms with van der Waals surface area (Å²) >= 11 is 0.560. The highest BCUT2D eigenvalue weighted by Gasteiger charge is 2.17. The predicted octanol–water partition coefficient (Wildman–Crippen LogP) is 7.97. The van der Waals surface area contributed by atoms with Gasteiger partial charge in [0, 0.05) is 16.3 Å². The van der Waals surface area contributed by atoms with Gasteiger partial charge in [-0.2, -0.15) is 23.8 Å². The molecule has 2 N–H and O–H groups in total. The average molecular weight is 555 g/mol. The topological polar surface area (TPSA) is 152 Å². The van der Waals surface area contributed by atoms with Gasteiger partial charge >= 0.3 is 0 Å². The van der Waals surface area contributed by atoms with Crippen molar-refractivity contribution >= 4 is 55.7 Å². The first-order chi connectivity index (χ1) is 18.2. The Balaban J connectivity index is 1.65. The van der Waals surface area contributed by atoms with E-state index in [2.05, 4.69) is 29.8 Å². The molecule has 0 aromatic heterocycles. The van der Waals surface area contributed by atoms with Crippen LogP contribution in [0.25, 0.3) is 10.8 Å². The zero-order valence-corrected chi connectivity index (χ0v) is 22.0. The van der Waals surface area contributed by atoms with Gasteiger partial charge in [-0.1, -0.05) is 28.8 Å². The lowest BCUT2D eigenvalue weighted by atomic mass is 10.1. The first kappa shape index (κ1) is 27.3. The molecule has 0 spiro atoms. The Morgan fingerprint density at radius 3 is 2.18 bits per heavy atom. The van der Waals surface area contributed by atoms with Crippen molar-refractivity contribution in [2.45, 2.75) is 23.6 Å². The molecule has 0 saturated heterocycles. The van der Waals surface area contributed by atoms with Crippen LogP contribution in [0.5, 0.6) is 5.75 Å². The Morgan fingerprint density at radius 2 is 1.50 bits per heavy atom. The van der Waals surface area contributed by atoms with E-state index in [0.29, 0.717) is 45.9 Å². The van der Waals surface area contributed by atoms with E-state index >= 15 is 0 Å². The molecule has 0 saturated carbocycles. The summed E-state index contributed by atoms with van der Waals surface area (Å²) in [6.07, 6.45) is 0. The van der Waals surface area contributed by atoms with E-state index in [0.717, 1.165) is 11.1 Å². The second-order valence-electron chi connectivity index (χ2n) is 8.07. The second kappa shape index (κ2) is 11.8. The summed E-state index contributed by atoms with van der Waals surface area (Å²) in [5, 5.41) is 29.9. The van der Waals surface area contributed by atoms with Crippen molar-refractivity contribution in [2.75, 3.05) is 7.11 Å². The maximum Gasteiger partial charge on any atom is 0.295 e. The van der Waals surface area contributed by atoms with Crippen molar-refractivity contribution in [1.29, 1.82) is 0 Å². The zero-order chi connectivity index (χ0) is 27.3. The third-order valence-electron chi connectivity index (χ3n) is 5.39. The van der Waals surface area contributed by atoms with Gasteiger partial charge in [-0.25, -0.2) is 5.26 Å². The Hall–Kier alpha value is -3.72. The number of fused-ring (bicyclic) bond motifs is 1. The molecule has 0 fully saturated rings. The maximum atomic E-state index is 11.9. The molecule has 13 heteroatoms. The van der Waals surface area contributed by atoms with Crippen LogP contribution in [0.15, 0.2) is 97.0 Å². The molecular weight excluding hydrogens is 532 g/mol. The summed E-state index contributed by atoms with van der Waals surface area (Å²) in [6, 6.07) is 18.6. The van der Waals surface area contributed by atoms with Crippen molar-refractivity contribution < 1.29 is 32.3 Å². The van der Waals surface area contributed by atoms with Crippen LogP contribution >= 0.6 is 12.0 Å². The molecule has 4 aromatic carbocycles. The van der Waals surface area contributed by atoms with E-state index in [1.54, 1.807) is 30.3 Å². The highest BCUT2D eigenvalue weighted by Crippen LogP contribution is 2.37. The Bertz CT molecular complexity index is 1640. The van der Waals surface area contributed by atoms with E-state index in [9.17, 15) is 13.0 Å². The lowest BCUT2D eigenvalue weighted by Crippen LogP contribution is -1.99. The number of aryl methyl sites for hydroxylation is 2. The molecule has 11 nitrogen and oxygen atoms in total. The normalized spacial score (nSPS) is 12.1. The summed E-state index contributed by atoms with van der Waals surface area (Å²) in [7, 11) is -3.02. The van der Waals surface area contributed by atoms with E-state index < -0.39 is 10.1 Å². The molecule has 0 unspecified atom stereocenters. The van der Waals surface area contributed by atoms with Crippen molar-refractivity contribution in [1.82, 2.24) is 0 Å². The highest BCUT2D eigenvalue weighted by atomic mass is 32.2. The van der Waals surface area contributed by atoms with Crippen LogP contribution in [-0.2, 0) is 19.5 Å². The molecule has 38 heavy (non-hydrogen) atoms. The average Bonchev–Trinajstić information content (AvgIpc) is 2.89. The standard InChI is InChI=1S/C25H22N4O7S2/c1-15-4-6-18(7-5-15)26-29-23-10-16(2)22(14-24(23)34-3)28-27-19-8-9-21-17(11-19)12-20(37-36-35-30)13-25(21)38(31,32)33/h4-14,30H,1-3H3,(H,31,32,33). The molecule has 196 valence electrons. The van der Waals surface area contributed by atoms with Gasteiger partial charge in [0.15, 0.2) is 0 Å². The number of ether oxygens (including phenoxy) is 1. The van der Waals surface area contributed by atoms with E-state index in [1.165, 1.54) is 19.2 Å². The molecule has 4 aromatic rings. The minimum Gasteiger partial charge on any atom is -0.494 e. The van der Waals surface area contributed by atoms with Gasteiger partial charge in [0.1, 0.15) is 16.3 Å². The molecule has 4 rings (SSSR count). The van der Waals surface area contributed by atoms with Crippen LogP contribution in [0.1, 0.15) is 11.1 Å². The summed E-state index contributed by atoms with van der Waals surface area (Å²) in [5.74, 6) is 0.462. The van der Waals surface area contributed by atoms with Crippen molar-refractivity contribution in [2.24, 2.45) is 20.5 Å². The maximum absolute atomic E-state index is 11.9. The lowest BCUT2D eigenvalue weighted by molar-refractivity contribution is -0.432. The van der Waals surface area contributed by atoms with Gasteiger partial charge in [0.2, 0.25) is 0 Å². The number of methoxy groups -OCH3 is 1. The van der Waals surface area contributed by atoms with E-state index in [1.807, 2.05) is 38.1 Å². The molecule has 0 bridgehead atoms. The third-order valence-corrected chi connectivity index (χ3v) is 6.84. The van der Waals surface area contributed by atoms with Crippen LogP contribution in [0.4, 0.5) is 22.7 Å². The van der Waals surface area contributed by atoms with Crippen molar-refractivity contribution in [3.63, 3.8) is 0 Å². The number of nitrogens with zero attached hydrogens (tertiary/aromatic N) is 4. The van der Waals surface area contributed by atoms with E-state index in [4.69, 9.17) is 9.99 Å². The summed E-state index contributed by atoms with van der Waals surface area (Å²) in [5.41, 5.74) is 4.11. The van der Waals surface area contributed by atoms with E-state index in [-0.39, 0.29) is 15.2 Å². The zero-order valence-electron chi connectivity index (χ0n) is 20.4. The first-order valence-corrected chi connectivity index (χ1v) is 13.1. The van der Waals surface area contributed by atoms with Gasteiger partial charge in [0.05, 0.1) is 36.2 Å². The van der Waals surface area contributed by atoms with Gasteiger partial charge in [-0.3, -0.25) is 4.55 Å². The number of rotatable bonds is 9. The van der Waals surface area contributed by atoms with Gasteiger partial charge in [-0.15, -0.1) is 9.45 Å². The number of benzene rings is 4. The number of hydrogen-bond donors (Lipinski definition) is 2. The van der Waals surface area contributed by atoms with Crippen LogP contribution in [0.2, 0.25) is 0 Å². The van der Waals surface area contributed by atoms with Gasteiger partial charge in [0.25, 0.3) is 10.1 Å². The van der Waals surface area contributed by atoms with Crippen LogP contribution in [-0.4, -0.2) is 25.3 Å². The quantitative estimate of drug-likeness (QED) is 0.0694. The van der Waals surface area contributed by atoms with Gasteiger partial charge in [-0.05, 0) is 67.3 Å². The van der Waals surface area contributed by atoms with Gasteiger partial charge < -0.3 is 4.74 Å². The minimum absolute atomic E-state index is 0.254. The molecular formula is C25H22N4O7S2. The van der Waals surface area contributed by atoms with Crippen molar-refractivity contribution in [3.05, 3.63) is 77.9 Å². The van der Waals surface area contributed by atoms with Crippen LogP contribution < -0.4 is 4.74 Å². The molecule has 0 aliphatic carbocycles. The molecule has 0 heterocycles. The Kier molecular flexibility index (Phi) is 8.46. The summed E-state index contributed by atoms with van der Waals surface area (Å²) in [6.45, 7) is 3.85. The Labute approximate surface area is 222 Å². The molecule has 0 aliphatic heterocycles. The Morgan fingerprint density at radius 1 is 0.816 bits per heavy atom. The minimum atomic E-state index is -4.54. The number of hydrogen-bond acceptors (Lipinski definition) is 11. The molecule has 0 atom stereocenters. The molecule has 0 radical (unpaired) electrons. The SMILES string of the molecule is COc1cc(N=Nc2ccc3c(S(=O)(=O)O)cc(SOOO)cc3c2)c(C)cc1N=Nc1ccc(C)cc1. The molecule has 0 aliphatic rings. The van der Waals surface area contributed by atoms with Crippen LogP contribution in [0, 0.1) is 13.8 Å². The largest absolute Gasteiger partial charge is 0.494 e. The second-order valence-corrected chi connectivity index (χ2v) is 10.2. The fourth-order valence-electron chi connectivity index (χ4n) is 3.52. The third kappa shape index (κ3) is 6.58. The fraction of sp³-hybridized carbons (Fsp3) is 0.120. The fourth-order valence-corrected chi connectivity index (χ4v) is 4.78. The summed E-state index contributed by atoms with van der Waals surface area (Å²) in [4.78, 5) is -0.0808. The molecule has 0 amide bonds. The summed E-state index contributed by atoms with van der Waals surface area (Å²) < 4.78 is 43.3. The van der Waals surface area contributed by atoms with Crippen molar-refractivity contribution in [3.8, 4) is 5.75 Å². The highest BCUT2D eigenvalue weighted by molar-refractivity contribution is 7.94. The lowest BCUT2D eigenvalue weighted by Gasteiger charge is -2.08.